The highest BCUT2D eigenvalue weighted by Crippen LogP contribution is 2.45. The van der Waals surface area contributed by atoms with E-state index in [1.54, 1.807) is 0 Å². The Hall–Kier alpha value is -5.25. The maximum atomic E-state index is 4.80. The Bertz CT molecular complexity index is 2640. The van der Waals surface area contributed by atoms with Gasteiger partial charge in [-0.15, -0.1) is 11.3 Å². The summed E-state index contributed by atoms with van der Waals surface area (Å²) in [6.45, 7) is 0. The monoisotopic (exact) mass is 550 g/mol. The zero-order valence-electron chi connectivity index (χ0n) is 22.5. The maximum Gasteiger partial charge on any atom is 0.145 e. The molecule has 0 bridgehead atoms. The molecule has 0 saturated carbocycles. The van der Waals surface area contributed by atoms with Gasteiger partial charge in [0.25, 0.3) is 0 Å². The molecular weight excluding hydrogens is 529 g/mol. The van der Waals surface area contributed by atoms with Crippen molar-refractivity contribution in [3.63, 3.8) is 0 Å². The molecule has 0 radical (unpaired) electrons. The summed E-state index contributed by atoms with van der Waals surface area (Å²) in [7, 11) is 0. The maximum absolute atomic E-state index is 4.80. The molecule has 0 fully saturated rings. The van der Waals surface area contributed by atoms with Gasteiger partial charge in [-0.1, -0.05) is 91.0 Å². The van der Waals surface area contributed by atoms with Crippen LogP contribution in [0.5, 0.6) is 0 Å². The largest absolute Gasteiger partial charge is 0.294 e. The van der Waals surface area contributed by atoms with Crippen LogP contribution in [0.15, 0.2) is 134 Å². The standard InChI is InChI=1S/C39H22N2S/c1-2-15-34-27(10-1)32-14-6-20-40-39(32)41(34)26-18-19-28-30-12-5-13-31(38(30)42-35(28)22-26)33-21-25-9-3-7-23-16-17-24-8-4-11-29(33)37(24)36(23)25/h1-22H. The molecule has 0 aliphatic rings. The summed E-state index contributed by atoms with van der Waals surface area (Å²) >= 11 is 1.89. The summed E-state index contributed by atoms with van der Waals surface area (Å²) in [5.41, 5.74) is 5.92. The third-order valence-corrected chi connectivity index (χ3v) is 10.2. The fraction of sp³-hybridized carbons (Fsp3) is 0. The van der Waals surface area contributed by atoms with Crippen LogP contribution in [0.2, 0.25) is 0 Å². The van der Waals surface area contributed by atoms with Crippen LogP contribution in [-0.4, -0.2) is 9.55 Å². The van der Waals surface area contributed by atoms with Gasteiger partial charge in [0, 0.05) is 48.4 Å². The molecular formula is C39H22N2S. The fourth-order valence-electron chi connectivity index (χ4n) is 7.18. The van der Waals surface area contributed by atoms with Gasteiger partial charge >= 0.3 is 0 Å². The number of hydrogen-bond acceptors (Lipinski definition) is 2. The molecule has 3 aromatic heterocycles. The highest BCUT2D eigenvalue weighted by atomic mass is 32.1. The van der Waals surface area contributed by atoms with Gasteiger partial charge in [-0.05, 0) is 74.3 Å². The lowest BCUT2D eigenvalue weighted by molar-refractivity contribution is 1.14. The first kappa shape index (κ1) is 22.4. The summed E-state index contributed by atoms with van der Waals surface area (Å²) in [4.78, 5) is 4.80. The molecule has 3 heterocycles. The minimum atomic E-state index is 0.994. The molecule has 42 heavy (non-hydrogen) atoms. The first-order valence-corrected chi connectivity index (χ1v) is 15.1. The fourth-order valence-corrected chi connectivity index (χ4v) is 8.44. The smallest absolute Gasteiger partial charge is 0.145 e. The Morgan fingerprint density at radius 1 is 0.500 bits per heavy atom. The van der Waals surface area contributed by atoms with Crippen molar-refractivity contribution in [2.75, 3.05) is 0 Å². The number of pyridine rings is 1. The molecule has 0 N–H and O–H groups in total. The molecule has 194 valence electrons. The molecule has 2 nitrogen and oxygen atoms in total. The van der Waals surface area contributed by atoms with Gasteiger partial charge in [-0.25, -0.2) is 4.98 Å². The summed E-state index contributed by atoms with van der Waals surface area (Å²) in [6.07, 6.45) is 1.89. The summed E-state index contributed by atoms with van der Waals surface area (Å²) in [5.74, 6) is 0. The number of hydrogen-bond donors (Lipinski definition) is 0. The van der Waals surface area contributed by atoms with Crippen molar-refractivity contribution in [1.82, 2.24) is 9.55 Å². The van der Waals surface area contributed by atoms with Gasteiger partial charge in [0.1, 0.15) is 5.65 Å². The lowest BCUT2D eigenvalue weighted by atomic mass is 9.89. The lowest BCUT2D eigenvalue weighted by Crippen LogP contribution is -1.94. The number of para-hydroxylation sites is 1. The molecule has 3 heteroatoms. The number of aromatic nitrogens is 2. The van der Waals surface area contributed by atoms with E-state index >= 15 is 0 Å². The summed E-state index contributed by atoms with van der Waals surface area (Å²) in [6, 6.07) is 46.8. The average molecular weight is 551 g/mol. The molecule has 0 amide bonds. The van der Waals surface area contributed by atoms with E-state index in [1.807, 2.05) is 23.6 Å². The molecule has 0 atom stereocenters. The van der Waals surface area contributed by atoms with Crippen LogP contribution in [0, 0.1) is 0 Å². The average Bonchev–Trinajstić information content (AvgIpc) is 3.59. The number of nitrogens with zero attached hydrogens (tertiary/aromatic N) is 2. The second kappa shape index (κ2) is 8.16. The molecule has 10 rings (SSSR count). The zero-order valence-corrected chi connectivity index (χ0v) is 23.3. The van der Waals surface area contributed by atoms with Crippen molar-refractivity contribution in [2.45, 2.75) is 0 Å². The van der Waals surface area contributed by atoms with Gasteiger partial charge in [0.05, 0.1) is 5.52 Å². The summed E-state index contributed by atoms with van der Waals surface area (Å²) in [5, 5.41) is 13.0. The quantitative estimate of drug-likeness (QED) is 0.196. The van der Waals surface area contributed by atoms with Gasteiger partial charge in [-0.2, -0.15) is 0 Å². The zero-order chi connectivity index (χ0) is 27.4. The van der Waals surface area contributed by atoms with Crippen molar-refractivity contribution in [3.05, 3.63) is 134 Å². The third kappa shape index (κ3) is 2.90. The molecule has 7 aromatic carbocycles. The van der Waals surface area contributed by atoms with E-state index in [-0.39, 0.29) is 0 Å². The summed E-state index contributed by atoms with van der Waals surface area (Å²) < 4.78 is 4.92. The number of benzene rings is 7. The number of rotatable bonds is 2. The van der Waals surface area contributed by atoms with Crippen molar-refractivity contribution in [1.29, 1.82) is 0 Å². The first-order valence-electron chi connectivity index (χ1n) is 14.3. The first-order chi connectivity index (χ1) is 20.8. The minimum absolute atomic E-state index is 0.994. The Labute approximate surface area is 245 Å². The Kier molecular flexibility index (Phi) is 4.36. The third-order valence-electron chi connectivity index (χ3n) is 8.97. The SMILES string of the molecule is c1cc2ccc3cccc4c(-c5cccc6c5sc5cc(-n7c8ccccc8c8cccnc87)ccc56)cc(c1)c2c34. The van der Waals surface area contributed by atoms with Crippen LogP contribution in [0.4, 0.5) is 0 Å². The van der Waals surface area contributed by atoms with E-state index < -0.39 is 0 Å². The Morgan fingerprint density at radius 3 is 2.21 bits per heavy atom. The molecule has 0 aliphatic carbocycles. The van der Waals surface area contributed by atoms with Crippen LogP contribution in [0.3, 0.4) is 0 Å². The number of fused-ring (bicyclic) bond motifs is 6. The van der Waals surface area contributed by atoms with E-state index in [0.717, 1.165) is 11.3 Å². The van der Waals surface area contributed by atoms with Crippen molar-refractivity contribution >= 4 is 85.8 Å². The Balaban J connectivity index is 1.26. The van der Waals surface area contributed by atoms with E-state index in [9.17, 15) is 0 Å². The van der Waals surface area contributed by atoms with Crippen LogP contribution in [-0.2, 0) is 0 Å². The van der Waals surface area contributed by atoms with E-state index in [1.165, 1.54) is 79.9 Å². The van der Waals surface area contributed by atoms with Crippen molar-refractivity contribution in [3.8, 4) is 16.8 Å². The van der Waals surface area contributed by atoms with Crippen LogP contribution in [0.25, 0.3) is 91.2 Å². The topological polar surface area (TPSA) is 17.8 Å². The predicted molar refractivity (Wildman–Crippen MR) is 181 cm³/mol. The van der Waals surface area contributed by atoms with Gasteiger partial charge in [0.15, 0.2) is 0 Å². The van der Waals surface area contributed by atoms with Gasteiger partial charge < -0.3 is 0 Å². The van der Waals surface area contributed by atoms with Crippen LogP contribution >= 0.6 is 11.3 Å². The molecule has 0 unspecified atom stereocenters. The Morgan fingerprint density at radius 2 is 1.26 bits per heavy atom. The lowest BCUT2D eigenvalue weighted by Gasteiger charge is -2.15. The van der Waals surface area contributed by atoms with Crippen molar-refractivity contribution < 1.29 is 0 Å². The van der Waals surface area contributed by atoms with E-state index in [4.69, 9.17) is 4.98 Å². The highest BCUT2D eigenvalue weighted by molar-refractivity contribution is 7.26. The second-order valence-corrected chi connectivity index (χ2v) is 12.2. The van der Waals surface area contributed by atoms with Gasteiger partial charge in [0.2, 0.25) is 0 Å². The highest BCUT2D eigenvalue weighted by Gasteiger charge is 2.18. The van der Waals surface area contributed by atoms with Crippen LogP contribution in [0.1, 0.15) is 0 Å². The minimum Gasteiger partial charge on any atom is -0.294 e. The molecule has 0 saturated heterocycles. The van der Waals surface area contributed by atoms with Gasteiger partial charge in [-0.3, -0.25) is 4.57 Å². The normalized spacial score (nSPS) is 12.3. The molecule has 0 aliphatic heterocycles. The van der Waals surface area contributed by atoms with Crippen LogP contribution < -0.4 is 0 Å². The molecule has 0 spiro atoms. The van der Waals surface area contributed by atoms with Crippen molar-refractivity contribution in [2.24, 2.45) is 0 Å². The van der Waals surface area contributed by atoms with E-state index in [2.05, 4.69) is 126 Å². The number of thiophene rings is 1. The van der Waals surface area contributed by atoms with E-state index in [0.29, 0.717) is 0 Å². The molecule has 10 aromatic rings. The predicted octanol–water partition coefficient (Wildman–Crippen LogP) is 11.1. The second-order valence-electron chi connectivity index (χ2n) is 11.2.